The predicted octanol–water partition coefficient (Wildman–Crippen LogP) is 0.927. The highest BCUT2D eigenvalue weighted by Gasteiger charge is 2.33. The van der Waals surface area contributed by atoms with Gasteiger partial charge in [-0.05, 0) is 38.4 Å². The molecule has 0 amide bonds. The van der Waals surface area contributed by atoms with Crippen LogP contribution in [0.5, 0.6) is 0 Å². The zero-order valence-corrected chi connectivity index (χ0v) is 10.3. The normalized spacial score (nSPS) is 24.8. The Bertz CT molecular complexity index is 342. The van der Waals surface area contributed by atoms with Crippen LogP contribution in [0, 0.1) is 0 Å². The Hall–Kier alpha value is -0.970. The molecule has 4 nitrogen and oxygen atoms in total. The molecule has 1 aliphatic heterocycles. The van der Waals surface area contributed by atoms with E-state index in [1.165, 1.54) is 0 Å². The van der Waals surface area contributed by atoms with Crippen LogP contribution in [0.15, 0.2) is 24.4 Å². The number of likely N-dealkylation sites (tertiary alicyclic amines) is 1. The van der Waals surface area contributed by atoms with Crippen LogP contribution >= 0.6 is 0 Å². The molecule has 4 heteroatoms. The minimum Gasteiger partial charge on any atom is -0.395 e. The maximum atomic E-state index is 9.41. The summed E-state index contributed by atoms with van der Waals surface area (Å²) < 4.78 is 0. The van der Waals surface area contributed by atoms with Gasteiger partial charge >= 0.3 is 0 Å². The lowest BCUT2D eigenvalue weighted by Gasteiger charge is -2.34. The molecule has 3 atom stereocenters. The van der Waals surface area contributed by atoms with E-state index < -0.39 is 0 Å². The van der Waals surface area contributed by atoms with E-state index in [0.717, 1.165) is 25.1 Å². The molecule has 3 unspecified atom stereocenters. The largest absolute Gasteiger partial charge is 0.395 e. The lowest BCUT2D eigenvalue weighted by atomic mass is 10.0. The third-order valence-corrected chi connectivity index (χ3v) is 3.48. The van der Waals surface area contributed by atoms with E-state index in [4.69, 9.17) is 5.73 Å². The van der Waals surface area contributed by atoms with Gasteiger partial charge in [-0.25, -0.2) is 0 Å². The van der Waals surface area contributed by atoms with Gasteiger partial charge in [0.15, 0.2) is 0 Å². The maximum Gasteiger partial charge on any atom is 0.0674 e. The number of aliphatic hydroxyl groups excluding tert-OH is 1. The van der Waals surface area contributed by atoms with Crippen molar-refractivity contribution in [3.05, 3.63) is 30.1 Å². The zero-order valence-electron chi connectivity index (χ0n) is 10.3. The SMILES string of the molecule is CC(N)C(c1ccccn1)N1CCCC1CO. The summed E-state index contributed by atoms with van der Waals surface area (Å²) in [5, 5.41) is 9.41. The third kappa shape index (κ3) is 2.65. The molecular weight excluding hydrogens is 214 g/mol. The highest BCUT2D eigenvalue weighted by molar-refractivity contribution is 5.12. The summed E-state index contributed by atoms with van der Waals surface area (Å²) in [6.07, 6.45) is 3.97. The van der Waals surface area contributed by atoms with Crippen LogP contribution in [0.25, 0.3) is 0 Å². The second-order valence-electron chi connectivity index (χ2n) is 4.78. The summed E-state index contributed by atoms with van der Waals surface area (Å²) in [7, 11) is 0. The minimum atomic E-state index is 0.0112. The highest BCUT2D eigenvalue weighted by atomic mass is 16.3. The van der Waals surface area contributed by atoms with Crippen LogP contribution in [0.2, 0.25) is 0 Å². The van der Waals surface area contributed by atoms with Crippen molar-refractivity contribution in [2.45, 2.75) is 37.9 Å². The maximum absolute atomic E-state index is 9.41. The number of aromatic nitrogens is 1. The molecule has 0 saturated carbocycles. The van der Waals surface area contributed by atoms with Crippen LogP contribution in [0.1, 0.15) is 31.5 Å². The summed E-state index contributed by atoms with van der Waals surface area (Å²) in [6, 6.07) is 6.26. The second-order valence-corrected chi connectivity index (χ2v) is 4.78. The summed E-state index contributed by atoms with van der Waals surface area (Å²) in [5.41, 5.74) is 7.10. The van der Waals surface area contributed by atoms with Gasteiger partial charge in [0.1, 0.15) is 0 Å². The van der Waals surface area contributed by atoms with Crippen molar-refractivity contribution in [3.63, 3.8) is 0 Å². The Morgan fingerprint density at radius 3 is 3.00 bits per heavy atom. The Morgan fingerprint density at radius 1 is 1.59 bits per heavy atom. The van der Waals surface area contributed by atoms with Gasteiger partial charge in [-0.15, -0.1) is 0 Å². The van der Waals surface area contributed by atoms with Gasteiger partial charge in [0.25, 0.3) is 0 Å². The summed E-state index contributed by atoms with van der Waals surface area (Å²) in [4.78, 5) is 6.71. The van der Waals surface area contributed by atoms with Gasteiger partial charge in [0.05, 0.1) is 18.3 Å². The molecule has 1 aliphatic rings. The van der Waals surface area contributed by atoms with E-state index in [1.807, 2.05) is 25.1 Å². The first kappa shape index (κ1) is 12.5. The van der Waals surface area contributed by atoms with Crippen molar-refractivity contribution in [3.8, 4) is 0 Å². The van der Waals surface area contributed by atoms with E-state index in [-0.39, 0.29) is 24.7 Å². The van der Waals surface area contributed by atoms with Crippen LogP contribution in [0.4, 0.5) is 0 Å². The fraction of sp³-hybridized carbons (Fsp3) is 0.615. The van der Waals surface area contributed by atoms with Gasteiger partial charge in [-0.1, -0.05) is 6.07 Å². The lowest BCUT2D eigenvalue weighted by molar-refractivity contribution is 0.106. The summed E-state index contributed by atoms with van der Waals surface area (Å²) in [5.74, 6) is 0. The molecule has 1 aromatic heterocycles. The predicted molar refractivity (Wildman–Crippen MR) is 67.4 cm³/mol. The second kappa shape index (κ2) is 5.58. The average molecular weight is 235 g/mol. The van der Waals surface area contributed by atoms with Crippen LogP contribution in [-0.4, -0.2) is 40.2 Å². The zero-order chi connectivity index (χ0) is 12.3. The van der Waals surface area contributed by atoms with Crippen molar-refractivity contribution in [1.29, 1.82) is 0 Å². The molecule has 1 aromatic rings. The molecule has 2 rings (SSSR count). The quantitative estimate of drug-likeness (QED) is 0.815. The summed E-state index contributed by atoms with van der Waals surface area (Å²) >= 11 is 0. The summed E-state index contributed by atoms with van der Waals surface area (Å²) in [6.45, 7) is 3.20. The Labute approximate surface area is 102 Å². The Balaban J connectivity index is 2.23. The van der Waals surface area contributed by atoms with Crippen LogP contribution in [0.3, 0.4) is 0 Å². The first-order valence-electron chi connectivity index (χ1n) is 6.27. The van der Waals surface area contributed by atoms with Gasteiger partial charge in [-0.2, -0.15) is 0 Å². The van der Waals surface area contributed by atoms with Crippen molar-refractivity contribution < 1.29 is 5.11 Å². The van der Waals surface area contributed by atoms with Gasteiger partial charge in [0, 0.05) is 18.3 Å². The first-order chi connectivity index (χ1) is 8.24. The average Bonchev–Trinajstić information content (AvgIpc) is 2.78. The van der Waals surface area contributed by atoms with Crippen LogP contribution in [-0.2, 0) is 0 Å². The fourth-order valence-corrected chi connectivity index (χ4v) is 2.71. The first-order valence-corrected chi connectivity index (χ1v) is 6.27. The fourth-order valence-electron chi connectivity index (χ4n) is 2.71. The molecule has 0 radical (unpaired) electrons. The smallest absolute Gasteiger partial charge is 0.0674 e. The van der Waals surface area contributed by atoms with Gasteiger partial charge < -0.3 is 10.8 Å². The number of pyridine rings is 1. The molecular formula is C13H21N3O. The number of rotatable bonds is 4. The van der Waals surface area contributed by atoms with E-state index in [2.05, 4.69) is 9.88 Å². The number of aliphatic hydroxyl groups is 1. The Kier molecular flexibility index (Phi) is 4.10. The van der Waals surface area contributed by atoms with Gasteiger partial charge in [0.2, 0.25) is 0 Å². The molecule has 3 N–H and O–H groups in total. The van der Waals surface area contributed by atoms with Crippen molar-refractivity contribution in [2.75, 3.05) is 13.2 Å². The third-order valence-electron chi connectivity index (χ3n) is 3.48. The molecule has 2 heterocycles. The molecule has 1 saturated heterocycles. The number of nitrogens with zero attached hydrogens (tertiary/aromatic N) is 2. The van der Waals surface area contributed by atoms with Crippen molar-refractivity contribution >= 4 is 0 Å². The van der Waals surface area contributed by atoms with E-state index >= 15 is 0 Å². The topological polar surface area (TPSA) is 62.4 Å². The molecule has 94 valence electrons. The van der Waals surface area contributed by atoms with Gasteiger partial charge in [-0.3, -0.25) is 9.88 Å². The molecule has 0 bridgehead atoms. The van der Waals surface area contributed by atoms with Crippen LogP contribution < -0.4 is 5.73 Å². The van der Waals surface area contributed by atoms with E-state index in [0.29, 0.717) is 0 Å². The molecule has 0 spiro atoms. The minimum absolute atomic E-state index is 0.0112. The number of hydrogen-bond acceptors (Lipinski definition) is 4. The standard InChI is InChI=1S/C13H21N3O/c1-10(14)13(12-6-2-3-7-15-12)16-8-4-5-11(16)9-17/h2-3,6-7,10-11,13,17H,4-5,8-9,14H2,1H3. The molecule has 1 fully saturated rings. The van der Waals surface area contributed by atoms with Crippen molar-refractivity contribution in [1.82, 2.24) is 9.88 Å². The Morgan fingerprint density at radius 2 is 2.41 bits per heavy atom. The molecule has 17 heavy (non-hydrogen) atoms. The van der Waals surface area contributed by atoms with E-state index in [9.17, 15) is 5.11 Å². The lowest BCUT2D eigenvalue weighted by Crippen LogP contribution is -2.43. The monoisotopic (exact) mass is 235 g/mol. The molecule has 0 aromatic carbocycles. The van der Waals surface area contributed by atoms with E-state index in [1.54, 1.807) is 6.20 Å². The van der Waals surface area contributed by atoms with Crippen molar-refractivity contribution in [2.24, 2.45) is 5.73 Å². The number of hydrogen-bond donors (Lipinski definition) is 2. The highest BCUT2D eigenvalue weighted by Crippen LogP contribution is 2.29. The molecule has 0 aliphatic carbocycles. The number of nitrogens with two attached hydrogens (primary N) is 1.